The zero-order valence-electron chi connectivity index (χ0n) is 10.8. The molecule has 0 saturated carbocycles. The SMILES string of the molecule is CCCO.CCCOc1ccccc1S(N)(=O)=O. The molecule has 0 aliphatic carbocycles. The Bertz CT molecular complexity index is 429. The van der Waals surface area contributed by atoms with E-state index >= 15 is 0 Å². The molecule has 0 unspecified atom stereocenters. The molecule has 5 nitrogen and oxygen atoms in total. The molecule has 0 aliphatic rings. The standard InChI is InChI=1S/C9H13NO3S.C3H8O/c1-2-7-13-8-5-3-4-6-9(8)14(10,11)12;1-2-3-4/h3-6H,2,7H2,1H3,(H2,10,11,12);4H,2-3H2,1H3. The smallest absolute Gasteiger partial charge is 0.241 e. The first-order valence-electron chi connectivity index (χ1n) is 5.82. The zero-order chi connectivity index (χ0) is 14.0. The monoisotopic (exact) mass is 275 g/mol. The number of hydrogen-bond donors (Lipinski definition) is 2. The van der Waals surface area contributed by atoms with E-state index in [2.05, 4.69) is 0 Å². The number of aliphatic hydroxyl groups is 1. The molecule has 0 fully saturated rings. The van der Waals surface area contributed by atoms with Crippen molar-refractivity contribution in [2.75, 3.05) is 13.2 Å². The predicted octanol–water partition coefficient (Wildman–Crippen LogP) is 1.51. The summed E-state index contributed by atoms with van der Waals surface area (Å²) in [6, 6.07) is 6.34. The van der Waals surface area contributed by atoms with Gasteiger partial charge in [0.15, 0.2) is 0 Å². The van der Waals surface area contributed by atoms with E-state index in [4.69, 9.17) is 15.0 Å². The van der Waals surface area contributed by atoms with E-state index in [-0.39, 0.29) is 4.90 Å². The highest BCUT2D eigenvalue weighted by atomic mass is 32.2. The first-order valence-corrected chi connectivity index (χ1v) is 7.37. The zero-order valence-corrected chi connectivity index (χ0v) is 11.6. The maximum atomic E-state index is 11.1. The van der Waals surface area contributed by atoms with Crippen molar-refractivity contribution in [2.24, 2.45) is 5.14 Å². The van der Waals surface area contributed by atoms with Crippen molar-refractivity contribution in [3.8, 4) is 5.75 Å². The Balaban J connectivity index is 0.000000631. The van der Waals surface area contributed by atoms with E-state index in [1.54, 1.807) is 18.2 Å². The van der Waals surface area contributed by atoms with Crippen LogP contribution in [0.5, 0.6) is 5.75 Å². The van der Waals surface area contributed by atoms with Crippen LogP contribution in [0.2, 0.25) is 0 Å². The van der Waals surface area contributed by atoms with Gasteiger partial charge < -0.3 is 9.84 Å². The third-order valence-electron chi connectivity index (χ3n) is 1.84. The van der Waals surface area contributed by atoms with E-state index in [1.165, 1.54) is 6.07 Å². The number of primary sulfonamides is 1. The van der Waals surface area contributed by atoms with Crippen molar-refractivity contribution in [1.82, 2.24) is 0 Å². The summed E-state index contributed by atoms with van der Waals surface area (Å²) in [6.45, 7) is 4.67. The molecule has 0 radical (unpaired) electrons. The second kappa shape index (κ2) is 8.91. The lowest BCUT2D eigenvalue weighted by molar-refractivity contribution is 0.295. The van der Waals surface area contributed by atoms with Gasteiger partial charge >= 0.3 is 0 Å². The molecule has 0 bridgehead atoms. The van der Waals surface area contributed by atoms with Crippen LogP contribution in [0.1, 0.15) is 26.7 Å². The van der Waals surface area contributed by atoms with Gasteiger partial charge in [-0.2, -0.15) is 0 Å². The van der Waals surface area contributed by atoms with Crippen LogP contribution in [0.25, 0.3) is 0 Å². The molecule has 0 saturated heterocycles. The Kier molecular flexibility index (Phi) is 8.36. The average Bonchev–Trinajstić information content (AvgIpc) is 2.36. The van der Waals surface area contributed by atoms with Gasteiger partial charge in [-0.15, -0.1) is 0 Å². The molecule has 6 heteroatoms. The van der Waals surface area contributed by atoms with Crippen molar-refractivity contribution in [3.63, 3.8) is 0 Å². The van der Waals surface area contributed by atoms with Crippen molar-refractivity contribution in [3.05, 3.63) is 24.3 Å². The van der Waals surface area contributed by atoms with E-state index in [1.807, 2.05) is 13.8 Å². The first kappa shape index (κ1) is 16.9. The van der Waals surface area contributed by atoms with Gasteiger partial charge in [0.25, 0.3) is 0 Å². The van der Waals surface area contributed by atoms with Crippen molar-refractivity contribution >= 4 is 10.0 Å². The van der Waals surface area contributed by atoms with Crippen LogP contribution in [0, 0.1) is 0 Å². The molecule has 0 aliphatic heterocycles. The molecule has 1 aromatic carbocycles. The average molecular weight is 275 g/mol. The second-order valence-corrected chi connectivity index (χ2v) is 5.09. The molecule has 0 atom stereocenters. The number of para-hydroxylation sites is 1. The first-order chi connectivity index (χ1) is 8.47. The fourth-order valence-electron chi connectivity index (χ4n) is 1.02. The molecular weight excluding hydrogens is 254 g/mol. The molecule has 1 aromatic rings. The van der Waals surface area contributed by atoms with E-state index < -0.39 is 10.0 Å². The highest BCUT2D eigenvalue weighted by Gasteiger charge is 2.13. The predicted molar refractivity (Wildman–Crippen MR) is 71.0 cm³/mol. The van der Waals surface area contributed by atoms with Crippen LogP contribution in [0.4, 0.5) is 0 Å². The summed E-state index contributed by atoms with van der Waals surface area (Å²) in [5, 5.41) is 12.9. The largest absolute Gasteiger partial charge is 0.492 e. The minimum absolute atomic E-state index is 0.0356. The molecule has 0 spiro atoms. The maximum absolute atomic E-state index is 11.1. The normalized spacial score (nSPS) is 10.4. The molecule has 104 valence electrons. The highest BCUT2D eigenvalue weighted by molar-refractivity contribution is 7.89. The summed E-state index contributed by atoms with van der Waals surface area (Å²) >= 11 is 0. The third-order valence-corrected chi connectivity index (χ3v) is 2.79. The Hall–Kier alpha value is -1.11. The molecule has 0 amide bonds. The van der Waals surface area contributed by atoms with E-state index in [0.29, 0.717) is 19.0 Å². The Morgan fingerprint density at radius 1 is 1.22 bits per heavy atom. The summed E-state index contributed by atoms with van der Waals surface area (Å²) in [7, 11) is -3.69. The summed E-state index contributed by atoms with van der Waals surface area (Å²) in [6.07, 6.45) is 1.69. The minimum Gasteiger partial charge on any atom is -0.492 e. The van der Waals surface area contributed by atoms with E-state index in [0.717, 1.165) is 12.8 Å². The lowest BCUT2D eigenvalue weighted by Crippen LogP contribution is -2.14. The van der Waals surface area contributed by atoms with Crippen LogP contribution in [-0.2, 0) is 10.0 Å². The van der Waals surface area contributed by atoms with Crippen LogP contribution >= 0.6 is 0 Å². The van der Waals surface area contributed by atoms with Gasteiger partial charge in [0.1, 0.15) is 10.6 Å². The minimum atomic E-state index is -3.69. The van der Waals surface area contributed by atoms with Crippen molar-refractivity contribution in [2.45, 2.75) is 31.6 Å². The molecular formula is C12H21NO4S. The molecule has 18 heavy (non-hydrogen) atoms. The third kappa shape index (κ3) is 6.58. The molecule has 1 rings (SSSR count). The lowest BCUT2D eigenvalue weighted by atomic mass is 10.3. The number of ether oxygens (including phenoxy) is 1. The topological polar surface area (TPSA) is 89.6 Å². The van der Waals surface area contributed by atoms with Crippen LogP contribution in [0.15, 0.2) is 29.2 Å². The number of aliphatic hydroxyl groups excluding tert-OH is 1. The summed E-state index contributed by atoms with van der Waals surface area (Å²) < 4.78 is 27.5. The van der Waals surface area contributed by atoms with Crippen LogP contribution < -0.4 is 9.88 Å². The summed E-state index contributed by atoms with van der Waals surface area (Å²) in [5.41, 5.74) is 0. The Morgan fingerprint density at radius 3 is 2.22 bits per heavy atom. The van der Waals surface area contributed by atoms with Gasteiger partial charge in [-0.3, -0.25) is 0 Å². The van der Waals surface area contributed by atoms with Crippen LogP contribution in [0.3, 0.4) is 0 Å². The lowest BCUT2D eigenvalue weighted by Gasteiger charge is -2.08. The van der Waals surface area contributed by atoms with Crippen LogP contribution in [-0.4, -0.2) is 26.7 Å². The fraction of sp³-hybridized carbons (Fsp3) is 0.500. The van der Waals surface area contributed by atoms with E-state index in [9.17, 15) is 8.42 Å². The summed E-state index contributed by atoms with van der Waals surface area (Å²) in [4.78, 5) is 0.0356. The van der Waals surface area contributed by atoms with Gasteiger partial charge in [-0.1, -0.05) is 26.0 Å². The molecule has 3 N–H and O–H groups in total. The number of nitrogens with two attached hydrogens (primary N) is 1. The number of sulfonamides is 1. The van der Waals surface area contributed by atoms with Gasteiger partial charge in [-0.25, -0.2) is 13.6 Å². The van der Waals surface area contributed by atoms with Gasteiger partial charge in [-0.05, 0) is 25.0 Å². The number of rotatable bonds is 5. The molecule has 0 aromatic heterocycles. The highest BCUT2D eigenvalue weighted by Crippen LogP contribution is 2.21. The second-order valence-electron chi connectivity index (χ2n) is 3.56. The summed E-state index contributed by atoms with van der Waals surface area (Å²) in [5.74, 6) is 0.317. The molecule has 0 heterocycles. The van der Waals surface area contributed by atoms with Gasteiger partial charge in [0.2, 0.25) is 10.0 Å². The Labute approximate surface area is 109 Å². The van der Waals surface area contributed by atoms with Crippen molar-refractivity contribution in [1.29, 1.82) is 0 Å². The Morgan fingerprint density at radius 2 is 1.78 bits per heavy atom. The number of hydrogen-bond acceptors (Lipinski definition) is 4. The van der Waals surface area contributed by atoms with Gasteiger partial charge in [0, 0.05) is 6.61 Å². The van der Waals surface area contributed by atoms with Gasteiger partial charge in [0.05, 0.1) is 6.61 Å². The number of benzene rings is 1. The fourth-order valence-corrected chi connectivity index (χ4v) is 1.69. The quantitative estimate of drug-likeness (QED) is 0.852. The maximum Gasteiger partial charge on any atom is 0.241 e. The van der Waals surface area contributed by atoms with Crippen molar-refractivity contribution < 1.29 is 18.3 Å².